The molecule has 0 spiro atoms. The van der Waals surface area contributed by atoms with Crippen molar-refractivity contribution in [2.45, 2.75) is 32.7 Å². The van der Waals surface area contributed by atoms with Crippen LogP contribution in [0.2, 0.25) is 0 Å². The van der Waals surface area contributed by atoms with Crippen LogP contribution in [-0.2, 0) is 6.42 Å². The summed E-state index contributed by atoms with van der Waals surface area (Å²) in [7, 11) is 0. The summed E-state index contributed by atoms with van der Waals surface area (Å²) in [6.45, 7) is 6.44. The summed E-state index contributed by atoms with van der Waals surface area (Å²) in [5, 5.41) is 11.0. The van der Waals surface area contributed by atoms with Crippen LogP contribution in [0.25, 0.3) is 11.3 Å². The van der Waals surface area contributed by atoms with E-state index in [1.165, 1.54) is 16.7 Å². The van der Waals surface area contributed by atoms with Gasteiger partial charge in [0.15, 0.2) is 5.82 Å². The van der Waals surface area contributed by atoms with Crippen LogP contribution < -0.4 is 5.32 Å². The number of nitrogens with one attached hydrogen (secondary N) is 2. The first-order valence-corrected chi connectivity index (χ1v) is 6.87. The van der Waals surface area contributed by atoms with Gasteiger partial charge in [-0.05, 0) is 38.5 Å². The summed E-state index contributed by atoms with van der Waals surface area (Å²) in [5.74, 6) is 0.977. The topological polar surface area (TPSA) is 40.7 Å². The van der Waals surface area contributed by atoms with E-state index in [2.05, 4.69) is 70.4 Å². The molecule has 18 heavy (non-hydrogen) atoms. The van der Waals surface area contributed by atoms with Gasteiger partial charge in [-0.2, -0.15) is 5.10 Å². The Bertz CT molecular complexity index is 608. The number of aromatic nitrogens is 2. The Morgan fingerprint density at radius 3 is 2.83 bits per heavy atom. The van der Waals surface area contributed by atoms with Gasteiger partial charge < -0.3 is 5.32 Å². The van der Waals surface area contributed by atoms with Crippen LogP contribution in [0.15, 0.2) is 22.7 Å². The van der Waals surface area contributed by atoms with Crippen LogP contribution in [0.1, 0.15) is 31.9 Å². The first-order chi connectivity index (χ1) is 8.44. The van der Waals surface area contributed by atoms with Crippen molar-refractivity contribution in [2.24, 2.45) is 0 Å². The third-order valence-corrected chi connectivity index (χ3v) is 3.56. The number of halogens is 1. The number of nitrogens with zero attached hydrogens (tertiary/aromatic N) is 1. The van der Waals surface area contributed by atoms with Crippen molar-refractivity contribution in [3.8, 4) is 11.3 Å². The standard InChI is InChI=1S/C14H16BrN3/c1-14(2,3)16-13-11-7-8-6-9(15)4-5-10(8)12(11)17-18-13/h4-6H,7H2,1-3H3,(H2,16,17,18). The minimum Gasteiger partial charge on any atom is -0.364 e. The minimum atomic E-state index is 0.0261. The number of rotatable bonds is 1. The summed E-state index contributed by atoms with van der Waals surface area (Å²) < 4.78 is 1.13. The minimum absolute atomic E-state index is 0.0261. The fourth-order valence-corrected chi connectivity index (χ4v) is 2.77. The summed E-state index contributed by atoms with van der Waals surface area (Å²) in [4.78, 5) is 0. The van der Waals surface area contributed by atoms with Crippen LogP contribution in [0.5, 0.6) is 0 Å². The molecule has 0 aliphatic heterocycles. The van der Waals surface area contributed by atoms with Gasteiger partial charge in [-0.3, -0.25) is 5.10 Å². The van der Waals surface area contributed by atoms with Gasteiger partial charge in [0.05, 0.1) is 5.69 Å². The Morgan fingerprint density at radius 1 is 1.33 bits per heavy atom. The summed E-state index contributed by atoms with van der Waals surface area (Å²) in [5.41, 5.74) is 5.08. The first-order valence-electron chi connectivity index (χ1n) is 6.08. The molecule has 94 valence electrons. The Labute approximate surface area is 115 Å². The smallest absolute Gasteiger partial charge is 0.152 e. The molecule has 1 aromatic carbocycles. The monoisotopic (exact) mass is 305 g/mol. The van der Waals surface area contributed by atoms with Gasteiger partial charge in [-0.1, -0.05) is 22.0 Å². The molecule has 3 nitrogen and oxygen atoms in total. The quantitative estimate of drug-likeness (QED) is 0.714. The second-order valence-electron chi connectivity index (χ2n) is 5.78. The molecule has 1 aromatic heterocycles. The van der Waals surface area contributed by atoms with Crippen LogP contribution >= 0.6 is 15.9 Å². The van der Waals surface area contributed by atoms with Gasteiger partial charge in [0.2, 0.25) is 0 Å². The maximum atomic E-state index is 4.40. The largest absolute Gasteiger partial charge is 0.364 e. The molecule has 1 heterocycles. The highest BCUT2D eigenvalue weighted by Crippen LogP contribution is 2.40. The van der Waals surface area contributed by atoms with Gasteiger partial charge >= 0.3 is 0 Å². The average molecular weight is 306 g/mol. The number of hydrogen-bond donors (Lipinski definition) is 2. The van der Waals surface area contributed by atoms with Crippen LogP contribution in [-0.4, -0.2) is 15.7 Å². The third-order valence-electron chi connectivity index (χ3n) is 3.06. The molecular weight excluding hydrogens is 290 g/mol. The van der Waals surface area contributed by atoms with Gasteiger partial charge in [0.1, 0.15) is 0 Å². The maximum absolute atomic E-state index is 4.40. The Kier molecular flexibility index (Phi) is 2.52. The zero-order chi connectivity index (χ0) is 12.9. The predicted molar refractivity (Wildman–Crippen MR) is 77.9 cm³/mol. The molecule has 0 fully saturated rings. The third kappa shape index (κ3) is 1.94. The van der Waals surface area contributed by atoms with Crippen LogP contribution in [0.3, 0.4) is 0 Å². The van der Waals surface area contributed by atoms with Crippen molar-refractivity contribution >= 4 is 21.7 Å². The van der Waals surface area contributed by atoms with E-state index in [1.807, 2.05) is 0 Å². The summed E-state index contributed by atoms with van der Waals surface area (Å²) in [6.07, 6.45) is 0.943. The van der Waals surface area contributed by atoms with E-state index < -0.39 is 0 Å². The van der Waals surface area contributed by atoms with E-state index in [-0.39, 0.29) is 5.54 Å². The van der Waals surface area contributed by atoms with Crippen molar-refractivity contribution in [1.82, 2.24) is 10.2 Å². The van der Waals surface area contributed by atoms with Gasteiger partial charge in [0.25, 0.3) is 0 Å². The molecule has 0 atom stereocenters. The molecule has 0 radical (unpaired) electrons. The van der Waals surface area contributed by atoms with E-state index in [4.69, 9.17) is 0 Å². The van der Waals surface area contributed by atoms with Gasteiger partial charge in [-0.25, -0.2) is 0 Å². The van der Waals surface area contributed by atoms with E-state index in [1.54, 1.807) is 0 Å². The lowest BCUT2D eigenvalue weighted by Gasteiger charge is -2.20. The first kappa shape index (κ1) is 11.8. The highest BCUT2D eigenvalue weighted by molar-refractivity contribution is 9.10. The van der Waals surface area contributed by atoms with Crippen molar-refractivity contribution in [3.63, 3.8) is 0 Å². The maximum Gasteiger partial charge on any atom is 0.152 e. The normalized spacial score (nSPS) is 13.3. The lowest BCUT2D eigenvalue weighted by molar-refractivity contribution is 0.629. The van der Waals surface area contributed by atoms with Crippen molar-refractivity contribution < 1.29 is 0 Å². The number of fused-ring (bicyclic) bond motifs is 3. The molecule has 2 aromatic rings. The number of anilines is 1. The molecule has 0 unspecified atom stereocenters. The molecular formula is C14H16BrN3. The number of H-pyrrole nitrogens is 1. The molecule has 0 saturated heterocycles. The predicted octanol–water partition coefficient (Wildman–Crippen LogP) is 3.95. The molecule has 1 aliphatic carbocycles. The van der Waals surface area contributed by atoms with E-state index >= 15 is 0 Å². The van der Waals surface area contributed by atoms with Gasteiger partial charge in [-0.15, -0.1) is 0 Å². The summed E-state index contributed by atoms with van der Waals surface area (Å²) >= 11 is 3.52. The molecule has 3 rings (SSSR count). The van der Waals surface area contributed by atoms with E-state index in [0.29, 0.717) is 0 Å². The zero-order valence-electron chi connectivity index (χ0n) is 10.8. The average Bonchev–Trinajstić information content (AvgIpc) is 2.76. The lowest BCUT2D eigenvalue weighted by Crippen LogP contribution is -2.26. The van der Waals surface area contributed by atoms with Crippen LogP contribution in [0, 0.1) is 0 Å². The van der Waals surface area contributed by atoms with E-state index in [0.717, 1.165) is 22.4 Å². The highest BCUT2D eigenvalue weighted by atomic mass is 79.9. The lowest BCUT2D eigenvalue weighted by atomic mass is 10.1. The molecule has 2 N–H and O–H groups in total. The highest BCUT2D eigenvalue weighted by Gasteiger charge is 2.26. The molecule has 4 heteroatoms. The van der Waals surface area contributed by atoms with Crippen molar-refractivity contribution in [2.75, 3.05) is 5.32 Å². The Hall–Kier alpha value is -1.29. The molecule has 0 bridgehead atoms. The second kappa shape index (κ2) is 3.85. The molecule has 0 saturated carbocycles. The zero-order valence-corrected chi connectivity index (χ0v) is 12.4. The fourth-order valence-electron chi connectivity index (χ4n) is 2.36. The fraction of sp³-hybridized carbons (Fsp3) is 0.357. The SMILES string of the molecule is CC(C)(C)Nc1n[nH]c2c1Cc1cc(Br)ccc1-2. The Morgan fingerprint density at radius 2 is 2.11 bits per heavy atom. The molecule has 0 amide bonds. The number of hydrogen-bond acceptors (Lipinski definition) is 2. The van der Waals surface area contributed by atoms with Crippen molar-refractivity contribution in [3.05, 3.63) is 33.8 Å². The van der Waals surface area contributed by atoms with Crippen molar-refractivity contribution in [1.29, 1.82) is 0 Å². The van der Waals surface area contributed by atoms with E-state index in [9.17, 15) is 0 Å². The number of benzene rings is 1. The summed E-state index contributed by atoms with van der Waals surface area (Å²) in [6, 6.07) is 6.40. The van der Waals surface area contributed by atoms with Gasteiger partial charge in [0, 0.05) is 27.6 Å². The van der Waals surface area contributed by atoms with Crippen LogP contribution in [0.4, 0.5) is 5.82 Å². The Balaban J connectivity index is 2.02. The second-order valence-corrected chi connectivity index (χ2v) is 6.69. The molecule has 1 aliphatic rings. The number of aromatic amines is 1.